The topological polar surface area (TPSA) is 20.2 Å². The van der Waals surface area contributed by atoms with Crippen molar-refractivity contribution in [3.05, 3.63) is 34.3 Å². The van der Waals surface area contributed by atoms with Gasteiger partial charge in [-0.15, -0.1) is 0 Å². The molecule has 0 radical (unpaired) electrons. The summed E-state index contributed by atoms with van der Waals surface area (Å²) in [6.07, 6.45) is 4.28. The molecule has 1 saturated carbocycles. The van der Waals surface area contributed by atoms with Crippen LogP contribution in [0.1, 0.15) is 31.7 Å². The molecule has 1 nitrogen and oxygen atoms in total. The Labute approximate surface area is 99.6 Å². The fourth-order valence-electron chi connectivity index (χ4n) is 2.07. The van der Waals surface area contributed by atoms with Crippen LogP contribution in [-0.2, 0) is 6.42 Å². The van der Waals surface area contributed by atoms with Gasteiger partial charge in [-0.05, 0) is 30.9 Å². The first-order valence-corrected chi connectivity index (χ1v) is 6.32. The number of halogens is 1. The molecule has 1 fully saturated rings. The first kappa shape index (κ1) is 11.2. The second-order valence-corrected chi connectivity index (χ2v) is 5.77. The molecule has 1 aliphatic carbocycles. The van der Waals surface area contributed by atoms with Gasteiger partial charge in [-0.2, -0.15) is 0 Å². The first-order chi connectivity index (χ1) is 7.07. The van der Waals surface area contributed by atoms with Crippen molar-refractivity contribution in [2.75, 3.05) is 0 Å². The molecule has 2 heteroatoms. The average Bonchev–Trinajstić information content (AvgIpc) is 2.91. The molecule has 0 heterocycles. The van der Waals surface area contributed by atoms with E-state index in [1.165, 1.54) is 18.4 Å². The lowest BCUT2D eigenvalue weighted by atomic mass is 9.91. The summed E-state index contributed by atoms with van der Waals surface area (Å²) in [6.45, 7) is 1.95. The standard InChI is InChI=1S/C13H17BrO/c1-13(15,8-10-6-7-10)9-11-4-2-3-5-12(11)14/h2-5,10,15H,6-9H2,1H3. The van der Waals surface area contributed by atoms with Crippen molar-refractivity contribution >= 4 is 15.9 Å². The van der Waals surface area contributed by atoms with Crippen molar-refractivity contribution in [3.63, 3.8) is 0 Å². The maximum Gasteiger partial charge on any atom is 0.0663 e. The first-order valence-electron chi connectivity index (χ1n) is 5.53. The third-order valence-electron chi connectivity index (χ3n) is 2.95. The maximum absolute atomic E-state index is 10.3. The number of rotatable bonds is 4. The van der Waals surface area contributed by atoms with Gasteiger partial charge in [0.15, 0.2) is 0 Å². The van der Waals surface area contributed by atoms with Crippen molar-refractivity contribution in [1.82, 2.24) is 0 Å². The molecule has 0 aliphatic heterocycles. The molecular weight excluding hydrogens is 252 g/mol. The van der Waals surface area contributed by atoms with Crippen molar-refractivity contribution in [1.29, 1.82) is 0 Å². The summed E-state index contributed by atoms with van der Waals surface area (Å²) >= 11 is 3.52. The Morgan fingerprint density at radius 2 is 2.07 bits per heavy atom. The van der Waals surface area contributed by atoms with E-state index in [1.807, 2.05) is 25.1 Å². The van der Waals surface area contributed by atoms with E-state index in [1.54, 1.807) is 0 Å². The van der Waals surface area contributed by atoms with E-state index in [2.05, 4.69) is 22.0 Å². The highest BCUT2D eigenvalue weighted by atomic mass is 79.9. The molecule has 1 N–H and O–H groups in total. The van der Waals surface area contributed by atoms with Crippen molar-refractivity contribution < 1.29 is 5.11 Å². The fraction of sp³-hybridized carbons (Fsp3) is 0.538. The second-order valence-electron chi connectivity index (χ2n) is 4.91. The van der Waals surface area contributed by atoms with Crippen molar-refractivity contribution in [2.45, 2.75) is 38.2 Å². The molecule has 0 saturated heterocycles. The lowest BCUT2D eigenvalue weighted by molar-refractivity contribution is 0.0453. The van der Waals surface area contributed by atoms with Gasteiger partial charge in [0.2, 0.25) is 0 Å². The summed E-state index contributed by atoms with van der Waals surface area (Å²) in [6, 6.07) is 8.13. The zero-order valence-electron chi connectivity index (χ0n) is 9.04. The lowest BCUT2D eigenvalue weighted by Crippen LogP contribution is -2.27. The van der Waals surface area contributed by atoms with Gasteiger partial charge in [-0.3, -0.25) is 0 Å². The molecule has 2 rings (SSSR count). The van der Waals surface area contributed by atoms with Crippen molar-refractivity contribution in [3.8, 4) is 0 Å². The van der Waals surface area contributed by atoms with E-state index >= 15 is 0 Å². The maximum atomic E-state index is 10.3. The summed E-state index contributed by atoms with van der Waals surface area (Å²) in [4.78, 5) is 0. The van der Waals surface area contributed by atoms with Crippen LogP contribution in [0.5, 0.6) is 0 Å². The average molecular weight is 269 g/mol. The van der Waals surface area contributed by atoms with Crippen LogP contribution in [0.25, 0.3) is 0 Å². The molecule has 1 aromatic carbocycles. The van der Waals surface area contributed by atoms with Crippen LogP contribution in [0.15, 0.2) is 28.7 Å². The van der Waals surface area contributed by atoms with E-state index in [-0.39, 0.29) is 0 Å². The van der Waals surface area contributed by atoms with Crippen LogP contribution < -0.4 is 0 Å². The van der Waals surface area contributed by atoms with Gasteiger partial charge in [0.1, 0.15) is 0 Å². The molecule has 0 aromatic heterocycles. The quantitative estimate of drug-likeness (QED) is 0.886. The predicted molar refractivity (Wildman–Crippen MR) is 65.8 cm³/mol. The molecule has 0 amide bonds. The number of hydrogen-bond donors (Lipinski definition) is 1. The van der Waals surface area contributed by atoms with E-state index in [9.17, 15) is 5.11 Å². The Bertz CT molecular complexity index is 342. The number of aliphatic hydroxyl groups is 1. The Kier molecular flexibility index (Phi) is 3.17. The van der Waals surface area contributed by atoms with Crippen LogP contribution in [0.3, 0.4) is 0 Å². The third-order valence-corrected chi connectivity index (χ3v) is 3.73. The van der Waals surface area contributed by atoms with Crippen LogP contribution >= 0.6 is 15.9 Å². The molecule has 1 atom stereocenters. The largest absolute Gasteiger partial charge is 0.390 e. The Morgan fingerprint density at radius 3 is 2.67 bits per heavy atom. The molecule has 1 aromatic rings. The number of benzene rings is 1. The van der Waals surface area contributed by atoms with Crippen LogP contribution in [0.4, 0.5) is 0 Å². The monoisotopic (exact) mass is 268 g/mol. The molecule has 0 spiro atoms. The highest BCUT2D eigenvalue weighted by Crippen LogP contribution is 2.38. The van der Waals surface area contributed by atoms with Gasteiger partial charge in [0, 0.05) is 10.9 Å². The van der Waals surface area contributed by atoms with Gasteiger partial charge < -0.3 is 5.11 Å². The van der Waals surface area contributed by atoms with E-state index < -0.39 is 5.60 Å². The smallest absolute Gasteiger partial charge is 0.0663 e. The molecule has 0 bridgehead atoms. The van der Waals surface area contributed by atoms with Crippen LogP contribution in [-0.4, -0.2) is 10.7 Å². The SMILES string of the molecule is CC(O)(Cc1ccccc1Br)CC1CC1. The van der Waals surface area contributed by atoms with Gasteiger partial charge in [-0.25, -0.2) is 0 Å². The van der Waals surface area contributed by atoms with Gasteiger partial charge in [-0.1, -0.05) is 47.0 Å². The molecule has 1 aliphatic rings. The summed E-state index contributed by atoms with van der Waals surface area (Å²) < 4.78 is 1.10. The third kappa shape index (κ3) is 3.32. The minimum absolute atomic E-state index is 0.551. The Hall–Kier alpha value is -0.340. The van der Waals surface area contributed by atoms with Crippen molar-refractivity contribution in [2.24, 2.45) is 5.92 Å². The van der Waals surface area contributed by atoms with Crippen LogP contribution in [0.2, 0.25) is 0 Å². The minimum Gasteiger partial charge on any atom is -0.390 e. The predicted octanol–water partition coefficient (Wildman–Crippen LogP) is 3.54. The van der Waals surface area contributed by atoms with Crippen LogP contribution in [0, 0.1) is 5.92 Å². The minimum atomic E-state index is -0.551. The zero-order valence-corrected chi connectivity index (χ0v) is 10.6. The van der Waals surface area contributed by atoms with E-state index in [4.69, 9.17) is 0 Å². The summed E-state index contributed by atoms with van der Waals surface area (Å²) in [7, 11) is 0. The van der Waals surface area contributed by atoms with Gasteiger partial charge in [0.05, 0.1) is 5.60 Å². The lowest BCUT2D eigenvalue weighted by Gasteiger charge is -2.23. The van der Waals surface area contributed by atoms with Gasteiger partial charge in [0.25, 0.3) is 0 Å². The Morgan fingerprint density at radius 1 is 1.40 bits per heavy atom. The van der Waals surface area contributed by atoms with Gasteiger partial charge >= 0.3 is 0 Å². The fourth-order valence-corrected chi connectivity index (χ4v) is 2.49. The normalized spacial score (nSPS) is 19.9. The summed E-state index contributed by atoms with van der Waals surface area (Å²) in [5.74, 6) is 0.766. The zero-order chi connectivity index (χ0) is 10.9. The Balaban J connectivity index is 2.03. The second kappa shape index (κ2) is 4.26. The van der Waals surface area contributed by atoms with E-state index in [0.717, 1.165) is 23.2 Å². The summed E-state index contributed by atoms with van der Waals surface area (Å²) in [5.41, 5.74) is 0.647. The molecule has 1 unspecified atom stereocenters. The van der Waals surface area contributed by atoms with E-state index in [0.29, 0.717) is 0 Å². The molecule has 82 valence electrons. The highest BCUT2D eigenvalue weighted by Gasteiger charge is 2.31. The highest BCUT2D eigenvalue weighted by molar-refractivity contribution is 9.10. The molecule has 15 heavy (non-hydrogen) atoms. The summed E-state index contributed by atoms with van der Waals surface area (Å²) in [5, 5.41) is 10.3. The molecular formula is C13H17BrO. The number of hydrogen-bond acceptors (Lipinski definition) is 1.